The van der Waals surface area contributed by atoms with E-state index >= 15 is 0 Å². The molecule has 2 aromatic rings. The molecule has 3 rings (SSSR count). The number of ether oxygens (including phenoxy) is 2. The fourth-order valence-corrected chi connectivity index (χ4v) is 2.84. The van der Waals surface area contributed by atoms with E-state index in [1.165, 1.54) is 6.33 Å². The molecule has 0 amide bonds. The molecule has 6 heteroatoms. The van der Waals surface area contributed by atoms with Gasteiger partial charge in [0.2, 0.25) is 5.88 Å². The molecule has 2 heterocycles. The van der Waals surface area contributed by atoms with Crippen LogP contribution in [0, 0.1) is 0 Å². The summed E-state index contributed by atoms with van der Waals surface area (Å²) >= 11 is 0. The van der Waals surface area contributed by atoms with Crippen molar-refractivity contribution in [2.75, 3.05) is 37.0 Å². The van der Waals surface area contributed by atoms with Crippen LogP contribution in [-0.2, 0) is 0 Å². The second-order valence-electron chi connectivity index (χ2n) is 5.42. The van der Waals surface area contributed by atoms with Gasteiger partial charge in [-0.3, -0.25) is 0 Å². The van der Waals surface area contributed by atoms with E-state index in [4.69, 9.17) is 9.47 Å². The van der Waals surface area contributed by atoms with E-state index in [1.54, 1.807) is 7.11 Å². The third-order valence-electron chi connectivity index (χ3n) is 3.90. The fourth-order valence-electron chi connectivity index (χ4n) is 2.84. The second kappa shape index (κ2) is 7.17. The van der Waals surface area contributed by atoms with Crippen molar-refractivity contribution in [3.8, 4) is 11.6 Å². The summed E-state index contributed by atoms with van der Waals surface area (Å²) in [5.41, 5.74) is 1.14. The number of hydrogen-bond acceptors (Lipinski definition) is 6. The van der Waals surface area contributed by atoms with Crippen LogP contribution < -0.4 is 19.7 Å². The van der Waals surface area contributed by atoms with E-state index in [9.17, 15) is 0 Å². The predicted molar refractivity (Wildman–Crippen MR) is 90.4 cm³/mol. The Morgan fingerprint density at radius 2 is 2.17 bits per heavy atom. The zero-order valence-corrected chi connectivity index (χ0v) is 13.5. The second-order valence-corrected chi connectivity index (χ2v) is 5.42. The first-order valence-corrected chi connectivity index (χ1v) is 7.89. The van der Waals surface area contributed by atoms with Crippen LogP contribution >= 0.6 is 0 Å². The SMILES string of the molecule is CCOc1cc(NC2CCN(c3ccccc3OC)C2)ncn1. The Kier molecular flexibility index (Phi) is 4.80. The number of rotatable bonds is 6. The Morgan fingerprint density at radius 3 is 3.00 bits per heavy atom. The molecule has 1 aliphatic heterocycles. The van der Waals surface area contributed by atoms with Gasteiger partial charge in [0.15, 0.2) is 0 Å². The Morgan fingerprint density at radius 1 is 1.30 bits per heavy atom. The van der Waals surface area contributed by atoms with Gasteiger partial charge >= 0.3 is 0 Å². The van der Waals surface area contributed by atoms with Crippen molar-refractivity contribution in [2.45, 2.75) is 19.4 Å². The summed E-state index contributed by atoms with van der Waals surface area (Å²) in [5.74, 6) is 2.31. The lowest BCUT2D eigenvalue weighted by Crippen LogP contribution is -2.26. The molecule has 1 fully saturated rings. The number of hydrogen-bond donors (Lipinski definition) is 1. The van der Waals surface area contributed by atoms with Crippen LogP contribution in [0.5, 0.6) is 11.6 Å². The van der Waals surface area contributed by atoms with E-state index < -0.39 is 0 Å². The molecule has 0 aliphatic carbocycles. The summed E-state index contributed by atoms with van der Waals surface area (Å²) in [6.45, 7) is 4.44. The average Bonchev–Trinajstić information content (AvgIpc) is 3.04. The number of benzene rings is 1. The number of para-hydroxylation sites is 2. The summed E-state index contributed by atoms with van der Waals surface area (Å²) in [6, 6.07) is 10.3. The van der Waals surface area contributed by atoms with Gasteiger partial charge in [-0.1, -0.05) is 12.1 Å². The van der Waals surface area contributed by atoms with Gasteiger partial charge in [-0.05, 0) is 25.5 Å². The zero-order valence-electron chi connectivity index (χ0n) is 13.5. The van der Waals surface area contributed by atoms with Crippen molar-refractivity contribution in [1.82, 2.24) is 9.97 Å². The van der Waals surface area contributed by atoms with E-state index in [1.807, 2.05) is 31.2 Å². The molecule has 1 atom stereocenters. The molecule has 0 radical (unpaired) electrons. The summed E-state index contributed by atoms with van der Waals surface area (Å²) in [7, 11) is 1.71. The van der Waals surface area contributed by atoms with E-state index in [2.05, 4.69) is 26.3 Å². The minimum Gasteiger partial charge on any atom is -0.495 e. The molecule has 0 saturated carbocycles. The van der Waals surface area contributed by atoms with Gasteiger partial charge in [0.25, 0.3) is 0 Å². The van der Waals surface area contributed by atoms with Crippen molar-refractivity contribution in [3.63, 3.8) is 0 Å². The first-order valence-electron chi connectivity index (χ1n) is 7.89. The van der Waals surface area contributed by atoms with Gasteiger partial charge in [-0.25, -0.2) is 9.97 Å². The maximum Gasteiger partial charge on any atom is 0.218 e. The lowest BCUT2D eigenvalue weighted by molar-refractivity contribution is 0.326. The topological polar surface area (TPSA) is 59.5 Å². The smallest absolute Gasteiger partial charge is 0.218 e. The normalized spacial score (nSPS) is 17.1. The van der Waals surface area contributed by atoms with Gasteiger partial charge in [0.05, 0.1) is 19.4 Å². The highest BCUT2D eigenvalue weighted by Gasteiger charge is 2.24. The maximum absolute atomic E-state index is 5.45. The molecule has 1 aromatic heterocycles. The highest BCUT2D eigenvalue weighted by Crippen LogP contribution is 2.30. The van der Waals surface area contributed by atoms with Crippen LogP contribution in [0.15, 0.2) is 36.7 Å². The first-order chi connectivity index (χ1) is 11.3. The zero-order chi connectivity index (χ0) is 16.1. The predicted octanol–water partition coefficient (Wildman–Crippen LogP) is 2.57. The van der Waals surface area contributed by atoms with Crippen molar-refractivity contribution in [3.05, 3.63) is 36.7 Å². The number of methoxy groups -OCH3 is 1. The maximum atomic E-state index is 5.45. The first kappa shape index (κ1) is 15.4. The highest BCUT2D eigenvalue weighted by molar-refractivity contribution is 5.59. The molecule has 1 aromatic carbocycles. The van der Waals surface area contributed by atoms with Crippen LogP contribution in [0.2, 0.25) is 0 Å². The quantitative estimate of drug-likeness (QED) is 0.884. The van der Waals surface area contributed by atoms with Crippen molar-refractivity contribution in [1.29, 1.82) is 0 Å². The molecule has 1 aliphatic rings. The summed E-state index contributed by atoms with van der Waals surface area (Å²) in [6.07, 6.45) is 2.58. The molecule has 6 nitrogen and oxygen atoms in total. The number of nitrogens with one attached hydrogen (secondary N) is 1. The monoisotopic (exact) mass is 314 g/mol. The Labute approximate surface area is 136 Å². The van der Waals surface area contributed by atoms with E-state index in [-0.39, 0.29) is 0 Å². The van der Waals surface area contributed by atoms with Gasteiger partial charge < -0.3 is 19.7 Å². The molecule has 1 N–H and O–H groups in total. The third kappa shape index (κ3) is 3.64. The Balaban J connectivity index is 1.65. The van der Waals surface area contributed by atoms with Gasteiger partial charge in [-0.2, -0.15) is 0 Å². The van der Waals surface area contributed by atoms with Crippen LogP contribution in [0.1, 0.15) is 13.3 Å². The van der Waals surface area contributed by atoms with Crippen LogP contribution in [-0.4, -0.2) is 42.8 Å². The van der Waals surface area contributed by atoms with Crippen LogP contribution in [0.4, 0.5) is 11.5 Å². The van der Waals surface area contributed by atoms with Crippen molar-refractivity contribution >= 4 is 11.5 Å². The molecule has 0 spiro atoms. The molecule has 0 bridgehead atoms. The lowest BCUT2D eigenvalue weighted by Gasteiger charge is -2.21. The molecule has 1 saturated heterocycles. The fraction of sp³-hybridized carbons (Fsp3) is 0.412. The molecule has 1 unspecified atom stereocenters. The Hall–Kier alpha value is -2.50. The van der Waals surface area contributed by atoms with Crippen molar-refractivity contribution in [2.24, 2.45) is 0 Å². The number of anilines is 2. The molecule has 122 valence electrons. The van der Waals surface area contributed by atoms with Crippen molar-refractivity contribution < 1.29 is 9.47 Å². The third-order valence-corrected chi connectivity index (χ3v) is 3.90. The minimum atomic E-state index is 0.337. The average molecular weight is 314 g/mol. The number of nitrogens with zero attached hydrogens (tertiary/aromatic N) is 3. The van der Waals surface area contributed by atoms with Crippen LogP contribution in [0.3, 0.4) is 0 Å². The lowest BCUT2D eigenvalue weighted by atomic mass is 10.2. The van der Waals surface area contributed by atoms with Gasteiger partial charge in [0.1, 0.15) is 17.9 Å². The van der Waals surface area contributed by atoms with Gasteiger partial charge in [0, 0.05) is 25.2 Å². The summed E-state index contributed by atoms with van der Waals surface area (Å²) in [5, 5.41) is 3.46. The Bertz CT molecular complexity index is 650. The minimum absolute atomic E-state index is 0.337. The van der Waals surface area contributed by atoms with Gasteiger partial charge in [-0.15, -0.1) is 0 Å². The summed E-state index contributed by atoms with van der Waals surface area (Å²) in [4.78, 5) is 10.7. The molecular formula is C17H22N4O2. The summed E-state index contributed by atoms with van der Waals surface area (Å²) < 4.78 is 10.9. The highest BCUT2D eigenvalue weighted by atomic mass is 16.5. The largest absolute Gasteiger partial charge is 0.495 e. The van der Waals surface area contributed by atoms with Crippen LogP contribution in [0.25, 0.3) is 0 Å². The van der Waals surface area contributed by atoms with E-state index in [0.29, 0.717) is 18.5 Å². The molecule has 23 heavy (non-hydrogen) atoms. The number of aromatic nitrogens is 2. The standard InChI is InChI=1S/C17H22N4O2/c1-3-23-17-10-16(18-12-19-17)20-13-8-9-21(11-13)14-6-4-5-7-15(14)22-2/h4-7,10,12-13H,3,8-9,11H2,1-2H3,(H,18,19,20). The van der Waals surface area contributed by atoms with E-state index in [0.717, 1.165) is 36.8 Å². The molecular weight excluding hydrogens is 292 g/mol.